The van der Waals surface area contributed by atoms with Gasteiger partial charge in [0.05, 0.1) is 23.9 Å². The second-order valence-electron chi connectivity index (χ2n) is 4.30. The van der Waals surface area contributed by atoms with Crippen LogP contribution in [-0.2, 0) is 20.5 Å². The van der Waals surface area contributed by atoms with Gasteiger partial charge in [0.15, 0.2) is 0 Å². The van der Waals surface area contributed by atoms with Crippen molar-refractivity contribution in [3.8, 4) is 0 Å². The summed E-state index contributed by atoms with van der Waals surface area (Å²) in [6.45, 7) is 0.0632. The summed E-state index contributed by atoms with van der Waals surface area (Å²) in [6.07, 6.45) is 0. The molecular weight excluding hydrogens is 300 g/mol. The van der Waals surface area contributed by atoms with E-state index in [0.717, 1.165) is 4.31 Å². The van der Waals surface area contributed by atoms with Crippen molar-refractivity contribution < 1.29 is 23.2 Å². The van der Waals surface area contributed by atoms with Gasteiger partial charge in [0.25, 0.3) is 5.69 Å². The SMILES string of the molecule is COCCN(CCO)S(=O)(=O)Cc1ccc([N+](=O)[O-])cc1. The summed E-state index contributed by atoms with van der Waals surface area (Å²) in [5, 5.41) is 19.5. The van der Waals surface area contributed by atoms with Crippen LogP contribution >= 0.6 is 0 Å². The van der Waals surface area contributed by atoms with Crippen molar-refractivity contribution in [2.75, 3.05) is 33.4 Å². The van der Waals surface area contributed by atoms with Crippen LogP contribution in [0.1, 0.15) is 5.56 Å². The Labute approximate surface area is 123 Å². The second-order valence-corrected chi connectivity index (χ2v) is 6.26. The third-order valence-electron chi connectivity index (χ3n) is 2.78. The van der Waals surface area contributed by atoms with Crippen molar-refractivity contribution in [3.05, 3.63) is 39.9 Å². The number of aliphatic hydroxyl groups is 1. The number of rotatable bonds is 9. The van der Waals surface area contributed by atoms with Gasteiger partial charge < -0.3 is 9.84 Å². The van der Waals surface area contributed by atoms with E-state index in [2.05, 4.69) is 0 Å². The fraction of sp³-hybridized carbons (Fsp3) is 0.500. The number of hydrogen-bond donors (Lipinski definition) is 1. The smallest absolute Gasteiger partial charge is 0.269 e. The number of ether oxygens (including phenoxy) is 1. The number of aliphatic hydroxyl groups excluding tert-OH is 1. The molecule has 1 N–H and O–H groups in total. The predicted octanol–water partition coefficient (Wildman–Crippen LogP) is 0.365. The average molecular weight is 318 g/mol. The Morgan fingerprint density at radius 2 is 1.90 bits per heavy atom. The molecule has 0 amide bonds. The van der Waals surface area contributed by atoms with Crippen LogP contribution in [0.3, 0.4) is 0 Å². The molecule has 0 saturated heterocycles. The van der Waals surface area contributed by atoms with Gasteiger partial charge in [-0.05, 0) is 5.56 Å². The highest BCUT2D eigenvalue weighted by atomic mass is 32.2. The molecule has 0 aliphatic heterocycles. The molecule has 0 radical (unpaired) electrons. The maximum atomic E-state index is 12.2. The van der Waals surface area contributed by atoms with Crippen molar-refractivity contribution >= 4 is 15.7 Å². The normalized spacial score (nSPS) is 11.8. The summed E-state index contributed by atoms with van der Waals surface area (Å²) in [5.41, 5.74) is 0.351. The molecule has 0 aromatic heterocycles. The minimum Gasteiger partial charge on any atom is -0.395 e. The van der Waals surface area contributed by atoms with Crippen LogP contribution in [0.15, 0.2) is 24.3 Å². The standard InChI is InChI=1S/C12H18N2O6S/c1-20-9-7-13(6-8-15)21(18,19)10-11-2-4-12(5-3-11)14(16)17/h2-5,15H,6-10H2,1H3. The highest BCUT2D eigenvalue weighted by Crippen LogP contribution is 2.15. The molecule has 118 valence electrons. The topological polar surface area (TPSA) is 110 Å². The molecule has 0 aliphatic rings. The average Bonchev–Trinajstić information content (AvgIpc) is 2.43. The first-order valence-electron chi connectivity index (χ1n) is 6.21. The van der Waals surface area contributed by atoms with E-state index in [1.165, 1.54) is 31.4 Å². The van der Waals surface area contributed by atoms with Crippen molar-refractivity contribution in [2.24, 2.45) is 0 Å². The first-order chi connectivity index (χ1) is 9.90. The summed E-state index contributed by atoms with van der Waals surface area (Å²) in [5.74, 6) is -0.283. The van der Waals surface area contributed by atoms with Gasteiger partial charge in [0, 0.05) is 32.3 Å². The number of methoxy groups -OCH3 is 1. The predicted molar refractivity (Wildman–Crippen MR) is 76.3 cm³/mol. The van der Waals surface area contributed by atoms with Gasteiger partial charge in [-0.15, -0.1) is 0 Å². The number of nitro groups is 1. The van der Waals surface area contributed by atoms with Crippen LogP contribution in [0.25, 0.3) is 0 Å². The monoisotopic (exact) mass is 318 g/mol. The molecule has 1 aromatic carbocycles. The Morgan fingerprint density at radius 1 is 1.29 bits per heavy atom. The number of sulfonamides is 1. The maximum absolute atomic E-state index is 12.2. The number of nitrogens with zero attached hydrogens (tertiary/aromatic N) is 2. The van der Waals surface area contributed by atoms with Gasteiger partial charge in [-0.2, -0.15) is 4.31 Å². The Balaban J connectivity index is 2.83. The van der Waals surface area contributed by atoms with E-state index < -0.39 is 14.9 Å². The lowest BCUT2D eigenvalue weighted by molar-refractivity contribution is -0.384. The third-order valence-corrected chi connectivity index (χ3v) is 4.63. The molecule has 0 aliphatic carbocycles. The van der Waals surface area contributed by atoms with Crippen LogP contribution in [0.4, 0.5) is 5.69 Å². The zero-order chi connectivity index (χ0) is 15.9. The number of nitro benzene ring substituents is 1. The molecule has 0 saturated carbocycles. The van der Waals surface area contributed by atoms with Crippen molar-refractivity contribution in [1.82, 2.24) is 4.31 Å². The molecule has 0 atom stereocenters. The Morgan fingerprint density at radius 3 is 2.38 bits per heavy atom. The summed E-state index contributed by atoms with van der Waals surface area (Å²) in [7, 11) is -2.16. The highest BCUT2D eigenvalue weighted by Gasteiger charge is 2.22. The highest BCUT2D eigenvalue weighted by molar-refractivity contribution is 7.88. The fourth-order valence-corrected chi connectivity index (χ4v) is 3.22. The van der Waals surface area contributed by atoms with Crippen molar-refractivity contribution in [2.45, 2.75) is 5.75 Å². The fourth-order valence-electron chi connectivity index (χ4n) is 1.71. The molecule has 0 bridgehead atoms. The Kier molecular flexibility index (Phi) is 6.69. The molecule has 0 unspecified atom stereocenters. The van der Waals surface area contributed by atoms with Gasteiger partial charge >= 0.3 is 0 Å². The molecule has 0 fully saturated rings. The first kappa shape index (κ1) is 17.5. The van der Waals surface area contributed by atoms with E-state index in [-0.39, 0.29) is 37.7 Å². The van der Waals surface area contributed by atoms with Crippen molar-refractivity contribution in [3.63, 3.8) is 0 Å². The summed E-state index contributed by atoms with van der Waals surface area (Å²) in [6, 6.07) is 5.33. The Bertz CT molecular complexity index is 558. The third kappa shape index (κ3) is 5.38. The molecule has 1 aromatic rings. The number of non-ortho nitro benzene ring substituents is 1. The lowest BCUT2D eigenvalue weighted by Gasteiger charge is -2.20. The molecule has 8 nitrogen and oxygen atoms in total. The van der Waals surface area contributed by atoms with E-state index in [1.807, 2.05) is 0 Å². The van der Waals surface area contributed by atoms with Gasteiger partial charge in [0.1, 0.15) is 0 Å². The quantitative estimate of drug-likeness (QED) is 0.520. The largest absolute Gasteiger partial charge is 0.395 e. The van der Waals surface area contributed by atoms with Gasteiger partial charge in [-0.3, -0.25) is 10.1 Å². The molecule has 0 spiro atoms. The van der Waals surface area contributed by atoms with Gasteiger partial charge in [-0.25, -0.2) is 8.42 Å². The van der Waals surface area contributed by atoms with E-state index in [4.69, 9.17) is 9.84 Å². The van der Waals surface area contributed by atoms with E-state index in [0.29, 0.717) is 5.56 Å². The Hall–Kier alpha value is -1.55. The molecule has 0 heterocycles. The van der Waals surface area contributed by atoms with Crippen LogP contribution in [0, 0.1) is 10.1 Å². The van der Waals surface area contributed by atoms with E-state index >= 15 is 0 Å². The van der Waals surface area contributed by atoms with Crippen LogP contribution in [0.5, 0.6) is 0 Å². The lowest BCUT2D eigenvalue weighted by atomic mass is 10.2. The zero-order valence-corrected chi connectivity index (χ0v) is 12.5. The van der Waals surface area contributed by atoms with Crippen molar-refractivity contribution in [1.29, 1.82) is 0 Å². The lowest BCUT2D eigenvalue weighted by Crippen LogP contribution is -2.36. The molecular formula is C12H18N2O6S. The van der Waals surface area contributed by atoms with Crippen LogP contribution in [0.2, 0.25) is 0 Å². The zero-order valence-electron chi connectivity index (χ0n) is 11.6. The van der Waals surface area contributed by atoms with Gasteiger partial charge in [0.2, 0.25) is 10.0 Å². The summed E-state index contributed by atoms with van der Waals surface area (Å²) < 4.78 is 30.5. The number of benzene rings is 1. The first-order valence-corrected chi connectivity index (χ1v) is 7.82. The molecule has 9 heteroatoms. The summed E-state index contributed by atoms with van der Waals surface area (Å²) in [4.78, 5) is 10.00. The van der Waals surface area contributed by atoms with Gasteiger partial charge in [-0.1, -0.05) is 12.1 Å². The maximum Gasteiger partial charge on any atom is 0.269 e. The van der Waals surface area contributed by atoms with E-state index in [9.17, 15) is 18.5 Å². The van der Waals surface area contributed by atoms with E-state index in [1.54, 1.807) is 0 Å². The minimum absolute atomic E-state index is 0.0152. The summed E-state index contributed by atoms with van der Waals surface area (Å²) >= 11 is 0. The number of hydrogen-bond acceptors (Lipinski definition) is 6. The molecule has 21 heavy (non-hydrogen) atoms. The molecule has 1 rings (SSSR count). The minimum atomic E-state index is -3.62. The van der Waals surface area contributed by atoms with Crippen LogP contribution in [-0.4, -0.2) is 56.2 Å². The second kappa shape index (κ2) is 8.03. The van der Waals surface area contributed by atoms with Crippen LogP contribution < -0.4 is 0 Å².